The molecule has 9 nitrogen and oxygen atoms in total. The van der Waals surface area contributed by atoms with Crippen molar-refractivity contribution in [3.05, 3.63) is 64.1 Å². The van der Waals surface area contributed by atoms with Crippen molar-refractivity contribution >= 4 is 5.71 Å². The molecule has 0 bridgehead atoms. The van der Waals surface area contributed by atoms with Crippen molar-refractivity contribution in [1.29, 1.82) is 0 Å². The second-order valence-electron chi connectivity index (χ2n) is 5.93. The SMILES string of the molecule is CO/N=C(\C)c1cccc(OCc2c(OC)cccc2-n2nnn(C)c2=O)c1. The summed E-state index contributed by atoms with van der Waals surface area (Å²) in [7, 11) is 4.60. The van der Waals surface area contributed by atoms with Crippen molar-refractivity contribution < 1.29 is 14.3 Å². The van der Waals surface area contributed by atoms with Gasteiger partial charge >= 0.3 is 5.69 Å². The minimum Gasteiger partial charge on any atom is -0.496 e. The van der Waals surface area contributed by atoms with Crippen molar-refractivity contribution in [2.75, 3.05) is 14.2 Å². The van der Waals surface area contributed by atoms with Crippen LogP contribution >= 0.6 is 0 Å². The van der Waals surface area contributed by atoms with Crippen LogP contribution in [0.25, 0.3) is 5.69 Å². The van der Waals surface area contributed by atoms with Crippen LogP contribution in [-0.4, -0.2) is 39.7 Å². The largest absolute Gasteiger partial charge is 0.496 e. The van der Waals surface area contributed by atoms with Crippen molar-refractivity contribution in [3.8, 4) is 17.2 Å². The monoisotopic (exact) mass is 383 g/mol. The highest BCUT2D eigenvalue weighted by Crippen LogP contribution is 2.26. The first-order valence-electron chi connectivity index (χ1n) is 8.51. The zero-order valence-corrected chi connectivity index (χ0v) is 16.1. The molecule has 0 unspecified atom stereocenters. The summed E-state index contributed by atoms with van der Waals surface area (Å²) in [6, 6.07) is 12.8. The third kappa shape index (κ3) is 3.88. The van der Waals surface area contributed by atoms with Crippen LogP contribution in [0, 0.1) is 0 Å². The summed E-state index contributed by atoms with van der Waals surface area (Å²) in [6.45, 7) is 2.02. The van der Waals surface area contributed by atoms with Crippen molar-refractivity contribution in [2.24, 2.45) is 12.2 Å². The molecule has 2 aromatic carbocycles. The van der Waals surface area contributed by atoms with Gasteiger partial charge in [0.1, 0.15) is 25.2 Å². The number of rotatable bonds is 7. The van der Waals surface area contributed by atoms with E-state index in [4.69, 9.17) is 14.3 Å². The highest BCUT2D eigenvalue weighted by molar-refractivity contribution is 5.98. The van der Waals surface area contributed by atoms with Gasteiger partial charge in [0, 0.05) is 12.6 Å². The number of hydrogen-bond acceptors (Lipinski definition) is 7. The molecule has 1 heterocycles. The Morgan fingerprint density at radius 3 is 2.61 bits per heavy atom. The van der Waals surface area contributed by atoms with Crippen LogP contribution in [0.4, 0.5) is 0 Å². The Labute approximate surface area is 161 Å². The lowest BCUT2D eigenvalue weighted by molar-refractivity contribution is 0.213. The van der Waals surface area contributed by atoms with Crippen LogP contribution in [0.1, 0.15) is 18.1 Å². The molecule has 0 aliphatic rings. The summed E-state index contributed by atoms with van der Waals surface area (Å²) in [5, 5.41) is 11.6. The molecule has 146 valence electrons. The van der Waals surface area contributed by atoms with Crippen molar-refractivity contribution in [3.63, 3.8) is 0 Å². The summed E-state index contributed by atoms with van der Waals surface area (Å²) in [5.74, 6) is 1.23. The Bertz CT molecular complexity index is 1050. The predicted octanol–water partition coefficient (Wildman–Crippen LogP) is 1.92. The minimum atomic E-state index is -0.358. The molecule has 1 aromatic heterocycles. The van der Waals surface area contributed by atoms with Crippen LogP contribution in [0.3, 0.4) is 0 Å². The molecule has 3 rings (SSSR count). The lowest BCUT2D eigenvalue weighted by atomic mass is 10.1. The molecule has 0 amide bonds. The first-order valence-corrected chi connectivity index (χ1v) is 8.51. The molecule has 0 saturated heterocycles. The number of methoxy groups -OCH3 is 1. The Hall–Kier alpha value is -3.62. The zero-order chi connectivity index (χ0) is 20.1. The molecule has 9 heteroatoms. The van der Waals surface area contributed by atoms with Gasteiger partial charge in [-0.2, -0.15) is 9.36 Å². The number of tetrazole rings is 1. The van der Waals surface area contributed by atoms with E-state index in [1.807, 2.05) is 31.2 Å². The van der Waals surface area contributed by atoms with Crippen LogP contribution < -0.4 is 15.2 Å². The third-order valence-electron chi connectivity index (χ3n) is 4.14. The summed E-state index contributed by atoms with van der Waals surface area (Å²) in [4.78, 5) is 17.1. The first kappa shape index (κ1) is 19.2. The van der Waals surface area contributed by atoms with Crippen LogP contribution in [0.2, 0.25) is 0 Å². The minimum absolute atomic E-state index is 0.173. The molecule has 0 N–H and O–H groups in total. The lowest BCUT2D eigenvalue weighted by Gasteiger charge is -2.14. The maximum absolute atomic E-state index is 12.3. The molecule has 0 saturated carbocycles. The van der Waals surface area contributed by atoms with Gasteiger partial charge in [0.2, 0.25) is 0 Å². The number of aryl methyl sites for hydroxylation is 1. The zero-order valence-electron chi connectivity index (χ0n) is 16.1. The van der Waals surface area contributed by atoms with E-state index in [9.17, 15) is 4.79 Å². The number of nitrogens with zero attached hydrogens (tertiary/aromatic N) is 5. The molecule has 0 fully saturated rings. The van der Waals surface area contributed by atoms with E-state index in [1.54, 1.807) is 25.3 Å². The van der Waals surface area contributed by atoms with Crippen LogP contribution in [0.15, 0.2) is 52.4 Å². The van der Waals surface area contributed by atoms with E-state index in [1.165, 1.54) is 18.8 Å². The Kier molecular flexibility index (Phi) is 5.73. The normalized spacial score (nSPS) is 11.4. The number of ether oxygens (including phenoxy) is 2. The standard InChI is InChI=1S/C19H21N5O4/c1-13(20-27-4)14-7-5-8-15(11-14)28-12-16-17(9-6-10-18(16)26-3)24-19(25)23(2)21-22-24/h5-11H,12H2,1-4H3/b20-13+. The maximum Gasteiger partial charge on any atom is 0.368 e. The summed E-state index contributed by atoms with van der Waals surface area (Å²) in [5.41, 5.74) is 2.48. The van der Waals surface area contributed by atoms with Crippen molar-refractivity contribution in [1.82, 2.24) is 19.8 Å². The van der Waals surface area contributed by atoms with E-state index in [0.29, 0.717) is 22.7 Å². The molecule has 0 aliphatic heterocycles. The van der Waals surface area contributed by atoms with Crippen molar-refractivity contribution in [2.45, 2.75) is 13.5 Å². The Balaban J connectivity index is 1.93. The molecular formula is C19H21N5O4. The summed E-state index contributed by atoms with van der Waals surface area (Å²) in [6.07, 6.45) is 0. The summed E-state index contributed by atoms with van der Waals surface area (Å²) < 4.78 is 13.8. The van der Waals surface area contributed by atoms with Gasteiger partial charge in [-0.3, -0.25) is 0 Å². The highest BCUT2D eigenvalue weighted by atomic mass is 16.6. The maximum atomic E-state index is 12.3. The van der Waals surface area contributed by atoms with E-state index in [-0.39, 0.29) is 12.3 Å². The topological polar surface area (TPSA) is 92.8 Å². The van der Waals surface area contributed by atoms with Gasteiger partial charge in [-0.25, -0.2) is 4.79 Å². The second-order valence-corrected chi connectivity index (χ2v) is 5.93. The fraction of sp³-hybridized carbons (Fsp3) is 0.263. The average Bonchev–Trinajstić information content (AvgIpc) is 3.05. The fourth-order valence-electron chi connectivity index (χ4n) is 2.71. The van der Waals surface area contributed by atoms with Gasteiger partial charge in [-0.05, 0) is 41.6 Å². The average molecular weight is 383 g/mol. The quantitative estimate of drug-likeness (QED) is 0.457. The second kappa shape index (κ2) is 8.38. The Morgan fingerprint density at radius 1 is 1.14 bits per heavy atom. The third-order valence-corrected chi connectivity index (χ3v) is 4.14. The van der Waals surface area contributed by atoms with Crippen LogP contribution in [-0.2, 0) is 18.5 Å². The van der Waals surface area contributed by atoms with Gasteiger partial charge in [-0.15, -0.1) is 0 Å². The van der Waals surface area contributed by atoms with Crippen LogP contribution in [0.5, 0.6) is 11.5 Å². The lowest BCUT2D eigenvalue weighted by Crippen LogP contribution is -2.23. The van der Waals surface area contributed by atoms with Gasteiger partial charge in [-0.1, -0.05) is 23.4 Å². The molecule has 0 aliphatic carbocycles. The molecule has 0 spiro atoms. The molecule has 0 atom stereocenters. The molecule has 0 radical (unpaired) electrons. The molecule has 28 heavy (non-hydrogen) atoms. The van der Waals surface area contributed by atoms with Gasteiger partial charge < -0.3 is 14.3 Å². The smallest absolute Gasteiger partial charge is 0.368 e. The Morgan fingerprint density at radius 2 is 1.93 bits per heavy atom. The predicted molar refractivity (Wildman–Crippen MR) is 103 cm³/mol. The number of benzene rings is 2. The fourth-order valence-corrected chi connectivity index (χ4v) is 2.71. The number of hydrogen-bond donors (Lipinski definition) is 0. The van der Waals surface area contributed by atoms with Gasteiger partial charge in [0.15, 0.2) is 0 Å². The highest BCUT2D eigenvalue weighted by Gasteiger charge is 2.16. The molecular weight excluding hydrogens is 362 g/mol. The van der Waals surface area contributed by atoms with E-state index in [0.717, 1.165) is 16.0 Å². The van der Waals surface area contributed by atoms with Gasteiger partial charge in [0.25, 0.3) is 0 Å². The number of oxime groups is 1. The first-order chi connectivity index (χ1) is 13.5. The molecule has 3 aromatic rings. The summed E-state index contributed by atoms with van der Waals surface area (Å²) >= 11 is 0. The number of aromatic nitrogens is 4. The van der Waals surface area contributed by atoms with Gasteiger partial charge in [0.05, 0.1) is 24.1 Å². The van der Waals surface area contributed by atoms with E-state index in [2.05, 4.69) is 15.6 Å². The van der Waals surface area contributed by atoms with E-state index < -0.39 is 0 Å². The van der Waals surface area contributed by atoms with E-state index >= 15 is 0 Å².